The van der Waals surface area contributed by atoms with Crippen LogP contribution in [0.4, 0.5) is 0 Å². The fourth-order valence-electron chi connectivity index (χ4n) is 1.29. The van der Waals surface area contributed by atoms with Crippen LogP contribution in [-0.2, 0) is 10.0 Å². The highest BCUT2D eigenvalue weighted by Gasteiger charge is 2.30. The van der Waals surface area contributed by atoms with Gasteiger partial charge in [-0.25, -0.2) is 17.9 Å². The third-order valence-corrected chi connectivity index (χ3v) is 3.41. The van der Waals surface area contributed by atoms with Crippen molar-refractivity contribution in [3.8, 4) is 0 Å². The molecule has 1 aromatic rings. The zero-order valence-electron chi connectivity index (χ0n) is 10.1. The zero-order valence-corrected chi connectivity index (χ0v) is 10.9. The van der Waals surface area contributed by atoms with Crippen molar-refractivity contribution >= 4 is 16.0 Å². The highest BCUT2D eigenvalue weighted by molar-refractivity contribution is 7.89. The lowest BCUT2D eigenvalue weighted by molar-refractivity contribution is 0.0689. The van der Waals surface area contributed by atoms with E-state index < -0.39 is 26.6 Å². The van der Waals surface area contributed by atoms with Gasteiger partial charge in [-0.15, -0.1) is 0 Å². The van der Waals surface area contributed by atoms with Crippen LogP contribution in [0.5, 0.6) is 0 Å². The van der Waals surface area contributed by atoms with Gasteiger partial charge in [-0.05, 0) is 33.8 Å². The first-order chi connectivity index (χ1) is 7.53. The van der Waals surface area contributed by atoms with Crippen molar-refractivity contribution in [2.24, 2.45) is 0 Å². The van der Waals surface area contributed by atoms with E-state index in [2.05, 4.69) is 4.72 Å². The molecule has 0 saturated carbocycles. The molecule has 0 aliphatic heterocycles. The Morgan fingerprint density at radius 3 is 2.35 bits per heavy atom. The summed E-state index contributed by atoms with van der Waals surface area (Å²) in [6, 6.07) is 1.18. The summed E-state index contributed by atoms with van der Waals surface area (Å²) in [5.41, 5.74) is -1.07. The molecule has 0 radical (unpaired) electrons. The lowest BCUT2D eigenvalue weighted by Gasteiger charge is -2.19. The molecule has 1 heterocycles. The zero-order chi connectivity index (χ0) is 13.4. The molecule has 0 aliphatic rings. The number of hydrogen-bond acceptors (Lipinski definition) is 4. The molecule has 0 aliphatic carbocycles. The van der Waals surface area contributed by atoms with Crippen molar-refractivity contribution in [2.45, 2.75) is 38.3 Å². The van der Waals surface area contributed by atoms with Crippen LogP contribution in [0.3, 0.4) is 0 Å². The molecule has 0 amide bonds. The molecule has 1 aromatic heterocycles. The number of rotatable bonds is 3. The van der Waals surface area contributed by atoms with Crippen LogP contribution >= 0.6 is 0 Å². The third kappa shape index (κ3) is 3.31. The van der Waals surface area contributed by atoms with Gasteiger partial charge in [0.15, 0.2) is 0 Å². The molecule has 1 rings (SSSR count). The van der Waals surface area contributed by atoms with Crippen molar-refractivity contribution in [3.05, 3.63) is 17.4 Å². The minimum absolute atomic E-state index is 0.233. The van der Waals surface area contributed by atoms with Gasteiger partial charge >= 0.3 is 5.97 Å². The monoisotopic (exact) mass is 261 g/mol. The van der Waals surface area contributed by atoms with Gasteiger partial charge < -0.3 is 9.52 Å². The predicted octanol–water partition coefficient (Wildman–Crippen LogP) is 1.36. The Balaban J connectivity index is 3.29. The maximum atomic E-state index is 11.9. The second-order valence-electron chi connectivity index (χ2n) is 4.72. The number of carboxylic acids is 1. The Bertz CT molecular complexity index is 536. The number of furan rings is 1. The summed E-state index contributed by atoms with van der Waals surface area (Å²) in [5, 5.41) is 8.33. The molecule has 0 fully saturated rings. The lowest BCUT2D eigenvalue weighted by atomic mass is 10.1. The van der Waals surface area contributed by atoms with Crippen LogP contribution in [0.1, 0.15) is 36.9 Å². The first kappa shape index (κ1) is 13.7. The summed E-state index contributed by atoms with van der Waals surface area (Å²) in [7, 11) is -3.97. The van der Waals surface area contributed by atoms with Gasteiger partial charge in [-0.3, -0.25) is 0 Å². The molecular formula is C10H15NO5S. The molecule has 0 spiro atoms. The maximum absolute atomic E-state index is 11.9. The molecule has 0 unspecified atom stereocenters. The summed E-state index contributed by atoms with van der Waals surface area (Å²) in [5.74, 6) is -1.10. The van der Waals surface area contributed by atoms with E-state index in [1.165, 1.54) is 13.0 Å². The number of carboxylic acid groups (broad SMARTS) is 1. The molecule has 96 valence electrons. The third-order valence-electron chi connectivity index (χ3n) is 1.74. The Kier molecular flexibility index (Phi) is 3.35. The van der Waals surface area contributed by atoms with E-state index in [-0.39, 0.29) is 11.3 Å². The SMILES string of the molecule is Cc1cc(C(=O)O)c(S(=O)(=O)NC(C)(C)C)o1. The average molecular weight is 261 g/mol. The molecule has 7 heteroatoms. The molecule has 0 bridgehead atoms. The second-order valence-corrected chi connectivity index (χ2v) is 6.30. The number of carbonyl (C=O) groups is 1. The number of nitrogens with one attached hydrogen (secondary N) is 1. The summed E-state index contributed by atoms with van der Waals surface area (Å²) in [6.45, 7) is 6.45. The highest BCUT2D eigenvalue weighted by Crippen LogP contribution is 2.21. The summed E-state index contributed by atoms with van der Waals surface area (Å²) in [6.07, 6.45) is 0. The largest absolute Gasteiger partial charge is 0.478 e. The lowest BCUT2D eigenvalue weighted by Crippen LogP contribution is -2.40. The Morgan fingerprint density at radius 2 is 1.94 bits per heavy atom. The second kappa shape index (κ2) is 4.15. The predicted molar refractivity (Wildman–Crippen MR) is 60.5 cm³/mol. The van der Waals surface area contributed by atoms with Crippen LogP contribution in [0.25, 0.3) is 0 Å². The number of aromatic carboxylic acids is 1. The van der Waals surface area contributed by atoms with Crippen molar-refractivity contribution < 1.29 is 22.7 Å². The van der Waals surface area contributed by atoms with E-state index in [1.54, 1.807) is 20.8 Å². The molecule has 0 atom stereocenters. The number of hydrogen-bond donors (Lipinski definition) is 2. The van der Waals surface area contributed by atoms with Gasteiger partial charge in [0.2, 0.25) is 5.09 Å². The van der Waals surface area contributed by atoms with Gasteiger partial charge in [0.05, 0.1) is 0 Å². The first-order valence-corrected chi connectivity index (χ1v) is 6.39. The fourth-order valence-corrected chi connectivity index (χ4v) is 2.87. The van der Waals surface area contributed by atoms with Crippen LogP contribution in [-0.4, -0.2) is 25.0 Å². The topological polar surface area (TPSA) is 96.6 Å². The van der Waals surface area contributed by atoms with Crippen molar-refractivity contribution in [3.63, 3.8) is 0 Å². The average Bonchev–Trinajstić information content (AvgIpc) is 2.43. The molecular weight excluding hydrogens is 246 g/mol. The summed E-state index contributed by atoms with van der Waals surface area (Å²) >= 11 is 0. The Hall–Kier alpha value is -1.34. The Morgan fingerprint density at radius 1 is 1.41 bits per heavy atom. The van der Waals surface area contributed by atoms with Gasteiger partial charge in [0.25, 0.3) is 10.0 Å². The van der Waals surface area contributed by atoms with Crippen molar-refractivity contribution in [2.75, 3.05) is 0 Å². The van der Waals surface area contributed by atoms with E-state index in [1.807, 2.05) is 0 Å². The van der Waals surface area contributed by atoms with Crippen molar-refractivity contribution in [1.29, 1.82) is 0 Å². The minimum atomic E-state index is -3.97. The van der Waals surface area contributed by atoms with E-state index in [4.69, 9.17) is 9.52 Å². The summed E-state index contributed by atoms with van der Waals surface area (Å²) < 4.78 is 31.1. The van der Waals surface area contributed by atoms with Gasteiger partial charge in [0, 0.05) is 5.54 Å². The molecule has 2 N–H and O–H groups in total. The minimum Gasteiger partial charge on any atom is -0.478 e. The van der Waals surface area contributed by atoms with Crippen LogP contribution < -0.4 is 4.72 Å². The van der Waals surface area contributed by atoms with E-state index in [0.717, 1.165) is 0 Å². The van der Waals surface area contributed by atoms with Crippen LogP contribution in [0.2, 0.25) is 0 Å². The molecule has 6 nitrogen and oxygen atoms in total. The standard InChI is InChI=1S/C10H15NO5S/c1-6-5-7(8(12)13)9(16-6)17(14,15)11-10(2,3)4/h5,11H,1-4H3,(H,12,13). The quantitative estimate of drug-likeness (QED) is 0.856. The van der Waals surface area contributed by atoms with Crippen LogP contribution in [0, 0.1) is 6.92 Å². The molecule has 0 saturated heterocycles. The van der Waals surface area contributed by atoms with E-state index >= 15 is 0 Å². The first-order valence-electron chi connectivity index (χ1n) is 4.90. The fraction of sp³-hybridized carbons (Fsp3) is 0.500. The molecule has 0 aromatic carbocycles. The van der Waals surface area contributed by atoms with E-state index in [9.17, 15) is 13.2 Å². The molecule has 17 heavy (non-hydrogen) atoms. The normalized spacial score (nSPS) is 12.7. The summed E-state index contributed by atoms with van der Waals surface area (Å²) in [4.78, 5) is 10.9. The van der Waals surface area contributed by atoms with Gasteiger partial charge in [0.1, 0.15) is 11.3 Å². The van der Waals surface area contributed by atoms with Gasteiger partial charge in [-0.1, -0.05) is 0 Å². The highest BCUT2D eigenvalue weighted by atomic mass is 32.2. The smallest absolute Gasteiger partial charge is 0.340 e. The number of sulfonamides is 1. The number of aryl methyl sites for hydroxylation is 1. The van der Waals surface area contributed by atoms with E-state index in [0.29, 0.717) is 0 Å². The van der Waals surface area contributed by atoms with Gasteiger partial charge in [-0.2, -0.15) is 0 Å². The van der Waals surface area contributed by atoms with Crippen LogP contribution in [0.15, 0.2) is 15.6 Å². The van der Waals surface area contributed by atoms with Crippen molar-refractivity contribution in [1.82, 2.24) is 4.72 Å². The Labute approximate surface area is 99.7 Å². The maximum Gasteiger partial charge on any atom is 0.340 e.